The summed E-state index contributed by atoms with van der Waals surface area (Å²) in [6.07, 6.45) is 1.04. The van der Waals surface area contributed by atoms with E-state index in [1.807, 2.05) is 41.5 Å². The Hall–Kier alpha value is -2.00. The molecule has 174 valence electrons. The second kappa shape index (κ2) is 12.6. The van der Waals surface area contributed by atoms with Crippen LogP contribution in [0.4, 0.5) is 0 Å². The van der Waals surface area contributed by atoms with E-state index in [2.05, 4.69) is 16.2 Å². The van der Waals surface area contributed by atoms with Crippen molar-refractivity contribution in [3.8, 4) is 0 Å². The normalized spacial score (nSPS) is 16.8. The molecular weight excluding hydrogens is 388 g/mol. The number of amides is 4. The van der Waals surface area contributed by atoms with Gasteiger partial charge in [0.15, 0.2) is 0 Å². The highest BCUT2D eigenvalue weighted by atomic mass is 16.5. The Morgan fingerprint density at radius 3 is 2.23 bits per heavy atom. The Bertz CT molecular complexity index is 604. The zero-order valence-electron chi connectivity index (χ0n) is 19.8. The Morgan fingerprint density at radius 2 is 1.73 bits per heavy atom. The van der Waals surface area contributed by atoms with Crippen LogP contribution in [0.15, 0.2) is 0 Å². The van der Waals surface area contributed by atoms with Gasteiger partial charge in [-0.25, -0.2) is 5.43 Å². The summed E-state index contributed by atoms with van der Waals surface area (Å²) in [6.45, 7) is 13.6. The van der Waals surface area contributed by atoms with Crippen LogP contribution < -0.4 is 16.2 Å². The lowest BCUT2D eigenvalue weighted by Crippen LogP contribution is -2.46. The molecule has 1 fully saturated rings. The fraction of sp³-hybridized carbons (Fsp3) is 0.810. The van der Waals surface area contributed by atoms with Crippen LogP contribution in [0.3, 0.4) is 0 Å². The van der Waals surface area contributed by atoms with Crippen molar-refractivity contribution in [2.75, 3.05) is 20.2 Å². The summed E-state index contributed by atoms with van der Waals surface area (Å²) in [7, 11) is 1.62. The predicted molar refractivity (Wildman–Crippen MR) is 115 cm³/mol. The van der Waals surface area contributed by atoms with Gasteiger partial charge in [-0.15, -0.1) is 0 Å². The lowest BCUT2D eigenvalue weighted by atomic mass is 10.00. The SMILES string of the molecule is CC.CNNC(=O)CC(C)(C)OCCC(C)(C)NC(=O)CCN1C(=O)CC(C)C1=O. The largest absolute Gasteiger partial charge is 0.375 e. The van der Waals surface area contributed by atoms with Crippen LogP contribution in [0.1, 0.15) is 74.1 Å². The molecule has 1 heterocycles. The number of likely N-dealkylation sites (tertiary alicyclic amines) is 1. The lowest BCUT2D eigenvalue weighted by Gasteiger charge is -2.30. The van der Waals surface area contributed by atoms with Crippen LogP contribution >= 0.6 is 0 Å². The maximum atomic E-state index is 12.2. The molecule has 3 N–H and O–H groups in total. The number of hydrogen-bond acceptors (Lipinski definition) is 6. The van der Waals surface area contributed by atoms with E-state index in [1.165, 1.54) is 4.90 Å². The monoisotopic (exact) mass is 428 g/mol. The minimum absolute atomic E-state index is 0.0736. The molecule has 1 saturated heterocycles. The summed E-state index contributed by atoms with van der Waals surface area (Å²) in [4.78, 5) is 48.7. The van der Waals surface area contributed by atoms with Gasteiger partial charge in [0.1, 0.15) is 0 Å². The summed E-state index contributed by atoms with van der Waals surface area (Å²) in [5.41, 5.74) is 3.93. The highest BCUT2D eigenvalue weighted by molar-refractivity contribution is 6.03. The zero-order valence-corrected chi connectivity index (χ0v) is 19.8. The van der Waals surface area contributed by atoms with Crippen LogP contribution in [-0.2, 0) is 23.9 Å². The Balaban J connectivity index is 0.00000407. The molecule has 0 aromatic rings. The van der Waals surface area contributed by atoms with Crippen LogP contribution in [-0.4, -0.2) is 59.9 Å². The van der Waals surface area contributed by atoms with E-state index in [9.17, 15) is 19.2 Å². The third-order valence-corrected chi connectivity index (χ3v) is 4.58. The standard InChI is InChI=1S/C19H34N4O5.C2H6/c1-13-11-16(26)23(17(13)27)9-7-14(24)21-18(2,3)8-10-28-19(4,5)12-15(25)22-20-6;1-2/h13,20H,7-12H2,1-6H3,(H,21,24)(H,22,25);1-2H3. The van der Waals surface area contributed by atoms with Crippen molar-refractivity contribution in [2.45, 2.75) is 85.3 Å². The molecule has 0 aromatic carbocycles. The third kappa shape index (κ3) is 10.2. The van der Waals surface area contributed by atoms with E-state index in [0.717, 1.165) is 0 Å². The fourth-order valence-electron chi connectivity index (χ4n) is 3.00. The molecule has 9 heteroatoms. The maximum Gasteiger partial charge on any atom is 0.236 e. The average molecular weight is 429 g/mol. The smallest absolute Gasteiger partial charge is 0.236 e. The molecule has 0 saturated carbocycles. The van der Waals surface area contributed by atoms with Crippen molar-refractivity contribution in [1.29, 1.82) is 0 Å². The van der Waals surface area contributed by atoms with E-state index in [-0.39, 0.29) is 55.4 Å². The number of carbonyl (C=O) groups excluding carboxylic acids is 4. The van der Waals surface area contributed by atoms with Crippen LogP contribution in [0.25, 0.3) is 0 Å². The van der Waals surface area contributed by atoms with Gasteiger partial charge in [0, 0.05) is 44.5 Å². The van der Waals surface area contributed by atoms with E-state index >= 15 is 0 Å². The zero-order chi connectivity index (χ0) is 23.5. The van der Waals surface area contributed by atoms with E-state index < -0.39 is 11.1 Å². The summed E-state index contributed by atoms with van der Waals surface area (Å²) in [5.74, 6) is -1.13. The first kappa shape index (κ1) is 28.0. The van der Waals surface area contributed by atoms with Gasteiger partial charge in [-0.1, -0.05) is 20.8 Å². The van der Waals surface area contributed by atoms with E-state index in [1.54, 1.807) is 14.0 Å². The average Bonchev–Trinajstić information content (AvgIpc) is 2.85. The second-order valence-corrected chi connectivity index (χ2v) is 8.50. The number of hydrazine groups is 1. The number of hydrogen-bond donors (Lipinski definition) is 3. The summed E-state index contributed by atoms with van der Waals surface area (Å²) >= 11 is 0. The molecule has 1 aliphatic rings. The van der Waals surface area contributed by atoms with Gasteiger partial charge in [-0.2, -0.15) is 0 Å². The highest BCUT2D eigenvalue weighted by Gasteiger charge is 2.35. The summed E-state index contributed by atoms with van der Waals surface area (Å²) in [6, 6.07) is 0. The molecule has 4 amide bonds. The van der Waals surface area contributed by atoms with Crippen LogP contribution in [0.5, 0.6) is 0 Å². The van der Waals surface area contributed by atoms with Crippen molar-refractivity contribution in [1.82, 2.24) is 21.1 Å². The number of imide groups is 1. The third-order valence-electron chi connectivity index (χ3n) is 4.58. The van der Waals surface area contributed by atoms with Gasteiger partial charge < -0.3 is 10.1 Å². The molecule has 0 radical (unpaired) electrons. The summed E-state index contributed by atoms with van der Waals surface area (Å²) in [5, 5.41) is 2.91. The fourth-order valence-corrected chi connectivity index (χ4v) is 3.00. The first-order valence-electron chi connectivity index (χ1n) is 10.6. The second-order valence-electron chi connectivity index (χ2n) is 8.50. The Labute approximate surface area is 180 Å². The van der Waals surface area contributed by atoms with E-state index in [0.29, 0.717) is 13.0 Å². The molecule has 1 unspecified atom stereocenters. The first-order valence-corrected chi connectivity index (χ1v) is 10.6. The topological polar surface area (TPSA) is 117 Å². The molecular formula is C21H40N4O5. The minimum atomic E-state index is -0.631. The minimum Gasteiger partial charge on any atom is -0.375 e. The van der Waals surface area contributed by atoms with Gasteiger partial charge in [-0.3, -0.25) is 29.5 Å². The van der Waals surface area contributed by atoms with Crippen molar-refractivity contribution in [3.63, 3.8) is 0 Å². The molecule has 1 atom stereocenters. The number of nitrogens with zero attached hydrogens (tertiary/aromatic N) is 1. The van der Waals surface area contributed by atoms with Crippen LogP contribution in [0.2, 0.25) is 0 Å². The van der Waals surface area contributed by atoms with Gasteiger partial charge in [0.05, 0.1) is 12.0 Å². The first-order chi connectivity index (χ1) is 13.9. The Morgan fingerprint density at radius 1 is 1.13 bits per heavy atom. The van der Waals surface area contributed by atoms with Crippen molar-refractivity contribution in [3.05, 3.63) is 0 Å². The number of rotatable bonds is 11. The van der Waals surface area contributed by atoms with Gasteiger partial charge >= 0.3 is 0 Å². The number of nitrogens with one attached hydrogen (secondary N) is 3. The maximum absolute atomic E-state index is 12.2. The van der Waals surface area contributed by atoms with Crippen molar-refractivity contribution >= 4 is 23.6 Å². The van der Waals surface area contributed by atoms with Crippen LogP contribution in [0, 0.1) is 5.92 Å². The van der Waals surface area contributed by atoms with Gasteiger partial charge in [-0.05, 0) is 34.1 Å². The van der Waals surface area contributed by atoms with Gasteiger partial charge in [0.25, 0.3) is 0 Å². The van der Waals surface area contributed by atoms with E-state index in [4.69, 9.17) is 4.74 Å². The number of ether oxygens (including phenoxy) is 1. The molecule has 0 aromatic heterocycles. The molecule has 1 rings (SSSR count). The van der Waals surface area contributed by atoms with Crippen molar-refractivity contribution < 1.29 is 23.9 Å². The highest BCUT2D eigenvalue weighted by Crippen LogP contribution is 2.19. The molecule has 0 aliphatic carbocycles. The predicted octanol–water partition coefficient (Wildman–Crippen LogP) is 1.52. The molecule has 0 spiro atoms. The van der Waals surface area contributed by atoms with Gasteiger partial charge in [0.2, 0.25) is 23.6 Å². The molecule has 1 aliphatic heterocycles. The summed E-state index contributed by atoms with van der Waals surface area (Å²) < 4.78 is 5.81. The molecule has 9 nitrogen and oxygen atoms in total. The quantitative estimate of drug-likeness (QED) is 0.339. The molecule has 0 bridgehead atoms. The Kier molecular flexibility index (Phi) is 11.8. The number of carbonyl (C=O) groups is 4. The van der Waals surface area contributed by atoms with Crippen molar-refractivity contribution in [2.24, 2.45) is 5.92 Å². The molecule has 30 heavy (non-hydrogen) atoms. The lowest BCUT2D eigenvalue weighted by molar-refractivity contribution is -0.139.